The van der Waals surface area contributed by atoms with Crippen LogP contribution in [0.2, 0.25) is 0 Å². The number of hydrogen-bond acceptors (Lipinski definition) is 10. The second-order valence-corrected chi connectivity index (χ2v) is 8.85. The molecule has 0 bridgehead atoms. The lowest BCUT2D eigenvalue weighted by molar-refractivity contribution is 0.143. The number of aliphatic hydroxyl groups is 1. The van der Waals surface area contributed by atoms with Crippen LogP contribution in [-0.4, -0.2) is 48.2 Å². The first kappa shape index (κ1) is 22.7. The zero-order valence-electron chi connectivity index (χ0n) is 18.6. The van der Waals surface area contributed by atoms with Gasteiger partial charge in [-0.2, -0.15) is 11.3 Å². The van der Waals surface area contributed by atoms with Crippen LogP contribution in [0.1, 0.15) is 32.0 Å². The number of nitrogen functional groups attached to an aromatic ring is 1. The highest BCUT2D eigenvalue weighted by Gasteiger charge is 2.22. The lowest BCUT2D eigenvalue weighted by Gasteiger charge is -2.13. The molecule has 0 fully saturated rings. The van der Waals surface area contributed by atoms with Crippen molar-refractivity contribution in [2.24, 2.45) is 5.73 Å². The fourth-order valence-corrected chi connectivity index (χ4v) is 3.97. The van der Waals surface area contributed by atoms with Crippen molar-refractivity contribution in [1.29, 1.82) is 0 Å². The fourth-order valence-electron chi connectivity index (χ4n) is 3.29. The molecule has 0 amide bonds. The van der Waals surface area contributed by atoms with Crippen molar-refractivity contribution in [3.63, 3.8) is 0 Å². The van der Waals surface area contributed by atoms with Crippen molar-refractivity contribution in [2.45, 2.75) is 45.4 Å². The van der Waals surface area contributed by atoms with Gasteiger partial charge in [0.15, 0.2) is 17.3 Å². The molecule has 0 aliphatic rings. The van der Waals surface area contributed by atoms with Crippen LogP contribution in [0.4, 0.5) is 5.82 Å². The molecule has 0 aliphatic heterocycles. The molecule has 33 heavy (non-hydrogen) atoms. The topological polar surface area (TPSA) is 151 Å². The van der Waals surface area contributed by atoms with Gasteiger partial charge in [-0.05, 0) is 65.8 Å². The van der Waals surface area contributed by atoms with E-state index in [1.165, 1.54) is 5.56 Å². The van der Waals surface area contributed by atoms with Crippen LogP contribution in [0.25, 0.3) is 22.6 Å². The summed E-state index contributed by atoms with van der Waals surface area (Å²) in [6.45, 7) is 6.00. The maximum absolute atomic E-state index is 10.1. The molecule has 11 heteroatoms. The Balaban J connectivity index is 1.74. The van der Waals surface area contributed by atoms with Crippen molar-refractivity contribution in [3.05, 3.63) is 34.2 Å². The van der Waals surface area contributed by atoms with E-state index in [1.54, 1.807) is 31.3 Å². The van der Waals surface area contributed by atoms with Gasteiger partial charge in [0.2, 0.25) is 5.88 Å². The van der Waals surface area contributed by atoms with Crippen molar-refractivity contribution < 1.29 is 14.5 Å². The van der Waals surface area contributed by atoms with E-state index >= 15 is 0 Å². The van der Waals surface area contributed by atoms with Gasteiger partial charge in [-0.25, -0.2) is 14.6 Å². The summed E-state index contributed by atoms with van der Waals surface area (Å²) in [6.07, 6.45) is 0.701. The maximum Gasteiger partial charge on any atom is 0.216 e. The number of fused-ring (bicyclic) bond motifs is 1. The van der Waals surface area contributed by atoms with Crippen molar-refractivity contribution in [2.75, 3.05) is 12.3 Å². The number of nitrogens with zero attached hydrogens (tertiary/aromatic N) is 5. The molecule has 172 valence electrons. The molecule has 0 saturated carbocycles. The van der Waals surface area contributed by atoms with E-state index in [4.69, 9.17) is 20.8 Å². The van der Waals surface area contributed by atoms with E-state index in [1.807, 2.05) is 22.9 Å². The van der Waals surface area contributed by atoms with Crippen LogP contribution in [0.3, 0.4) is 0 Å². The van der Waals surface area contributed by atoms with Crippen LogP contribution in [0.15, 0.2) is 27.5 Å². The lowest BCUT2D eigenvalue weighted by Crippen LogP contribution is -2.30. The quantitative estimate of drug-likeness (QED) is 0.347. The molecule has 1 atom stereocenters. The SMILES string of the molecule is CCn1c(-c2nonc2N)nc2c(C#CC(C)(C)O)nc(OC[C@H](N)Cc3ccsc3)cc21. The largest absolute Gasteiger partial charge is 0.476 e. The number of anilines is 1. The highest BCUT2D eigenvalue weighted by atomic mass is 32.1. The van der Waals surface area contributed by atoms with Crippen molar-refractivity contribution in [3.8, 4) is 29.2 Å². The van der Waals surface area contributed by atoms with Crippen LogP contribution >= 0.6 is 11.3 Å². The molecule has 5 N–H and O–H groups in total. The van der Waals surface area contributed by atoms with Gasteiger partial charge in [-0.1, -0.05) is 5.92 Å². The number of aromatic nitrogens is 5. The summed E-state index contributed by atoms with van der Waals surface area (Å²) < 4.78 is 12.6. The summed E-state index contributed by atoms with van der Waals surface area (Å²) in [5.41, 5.74) is 14.1. The van der Waals surface area contributed by atoms with Crippen molar-refractivity contribution in [1.82, 2.24) is 24.8 Å². The first-order valence-corrected chi connectivity index (χ1v) is 11.3. The van der Waals surface area contributed by atoms with Crippen LogP contribution < -0.4 is 16.2 Å². The van der Waals surface area contributed by atoms with Crippen LogP contribution in [0, 0.1) is 11.8 Å². The normalized spacial score (nSPS) is 12.5. The number of nitrogens with two attached hydrogens (primary N) is 2. The number of aryl methyl sites for hydroxylation is 1. The average molecular weight is 468 g/mol. The number of rotatable bonds is 7. The summed E-state index contributed by atoms with van der Waals surface area (Å²) in [6, 6.07) is 3.63. The Morgan fingerprint density at radius 3 is 2.79 bits per heavy atom. The fraction of sp³-hybridized carbons (Fsp3) is 0.364. The Morgan fingerprint density at radius 2 is 2.15 bits per heavy atom. The molecule has 0 unspecified atom stereocenters. The smallest absolute Gasteiger partial charge is 0.216 e. The van der Waals surface area contributed by atoms with Gasteiger partial charge in [0, 0.05) is 18.7 Å². The standard InChI is InChI=1S/C22H25N7O3S/c1-4-29-16-10-17(31-11-14(23)9-13-6-8-33-12-13)25-15(5-7-22(2,3)30)18(16)26-21(29)19-20(24)28-32-27-19/h6,8,10,12,14,30H,4,9,11,23H2,1-3H3,(H2,24,28)/t14-/m1/s1. The average Bonchev–Trinajstić information content (AvgIpc) is 3.49. The van der Waals surface area contributed by atoms with Gasteiger partial charge in [0.25, 0.3) is 0 Å². The summed E-state index contributed by atoms with van der Waals surface area (Å²) >= 11 is 1.63. The van der Waals surface area contributed by atoms with Crippen LogP contribution in [0.5, 0.6) is 5.88 Å². The summed E-state index contributed by atoms with van der Waals surface area (Å²) in [5, 5.41) is 21.7. The summed E-state index contributed by atoms with van der Waals surface area (Å²) in [7, 11) is 0. The number of ether oxygens (including phenoxy) is 1. The molecule has 4 aromatic rings. The third kappa shape index (κ3) is 5.14. The highest BCUT2D eigenvalue weighted by molar-refractivity contribution is 7.07. The van der Waals surface area contributed by atoms with Crippen LogP contribution in [-0.2, 0) is 13.0 Å². The Bertz CT molecular complexity index is 1310. The molecule has 0 aliphatic carbocycles. The van der Waals surface area contributed by atoms with Crippen molar-refractivity contribution >= 4 is 28.2 Å². The minimum absolute atomic E-state index is 0.132. The first-order valence-electron chi connectivity index (χ1n) is 10.4. The Hall–Kier alpha value is -3.46. The van der Waals surface area contributed by atoms with E-state index in [9.17, 15) is 5.11 Å². The summed E-state index contributed by atoms with van der Waals surface area (Å²) in [5.74, 6) is 6.68. The first-order chi connectivity index (χ1) is 15.7. The second-order valence-electron chi connectivity index (χ2n) is 8.07. The van der Waals surface area contributed by atoms with Gasteiger partial charge < -0.3 is 25.9 Å². The Morgan fingerprint density at radius 1 is 1.33 bits per heavy atom. The minimum atomic E-state index is -1.20. The number of hydrogen-bond donors (Lipinski definition) is 3. The predicted molar refractivity (Wildman–Crippen MR) is 126 cm³/mol. The van der Waals surface area contributed by atoms with Gasteiger partial charge in [-0.3, -0.25) is 0 Å². The Labute approximate surface area is 194 Å². The highest BCUT2D eigenvalue weighted by Crippen LogP contribution is 2.30. The lowest BCUT2D eigenvalue weighted by atomic mass is 10.1. The van der Waals surface area contributed by atoms with E-state index in [0.29, 0.717) is 41.6 Å². The second kappa shape index (κ2) is 9.19. The number of imidazole rings is 1. The van der Waals surface area contributed by atoms with E-state index in [-0.39, 0.29) is 18.5 Å². The van der Waals surface area contributed by atoms with Gasteiger partial charge in [0.05, 0.1) is 5.52 Å². The molecule has 4 aromatic heterocycles. The predicted octanol–water partition coefficient (Wildman–Crippen LogP) is 2.22. The number of pyridine rings is 1. The van der Waals surface area contributed by atoms with Gasteiger partial charge in [0.1, 0.15) is 23.4 Å². The zero-order chi connectivity index (χ0) is 23.6. The molecule has 0 saturated heterocycles. The van der Waals surface area contributed by atoms with E-state index in [2.05, 4.69) is 37.5 Å². The monoisotopic (exact) mass is 467 g/mol. The minimum Gasteiger partial charge on any atom is -0.476 e. The van der Waals surface area contributed by atoms with E-state index in [0.717, 1.165) is 5.52 Å². The number of thiophene rings is 1. The molecular formula is C22H25N7O3S. The molecular weight excluding hydrogens is 442 g/mol. The Kier molecular flexibility index (Phi) is 6.33. The van der Waals surface area contributed by atoms with E-state index < -0.39 is 5.60 Å². The third-order valence-electron chi connectivity index (χ3n) is 4.77. The molecule has 4 rings (SSSR count). The van der Waals surface area contributed by atoms with Gasteiger partial charge >= 0.3 is 0 Å². The van der Waals surface area contributed by atoms with Gasteiger partial charge in [-0.15, -0.1) is 0 Å². The molecule has 10 nitrogen and oxygen atoms in total. The summed E-state index contributed by atoms with van der Waals surface area (Å²) in [4.78, 5) is 9.21. The maximum atomic E-state index is 10.1. The zero-order valence-corrected chi connectivity index (χ0v) is 19.4. The third-order valence-corrected chi connectivity index (χ3v) is 5.50. The molecule has 4 heterocycles. The molecule has 0 spiro atoms. The molecule has 0 radical (unpaired) electrons. The molecule has 0 aromatic carbocycles.